The van der Waals surface area contributed by atoms with Crippen molar-refractivity contribution in [2.75, 3.05) is 70.2 Å². The van der Waals surface area contributed by atoms with E-state index in [1.54, 1.807) is 0 Å². The average Bonchev–Trinajstić information content (AvgIpc) is 3.26. The number of thioether (sulfide) groups is 1. The van der Waals surface area contributed by atoms with Crippen molar-refractivity contribution in [2.45, 2.75) is 25.4 Å². The Kier molecular flexibility index (Phi) is 7.24. The van der Waals surface area contributed by atoms with Crippen molar-refractivity contribution in [1.82, 2.24) is 24.7 Å². The molecule has 1 aromatic heterocycles. The largest absolute Gasteiger partial charge is 0.369 e. The summed E-state index contributed by atoms with van der Waals surface area (Å²) in [4.78, 5) is 17.2. The number of hydrogen-bond acceptors (Lipinski definition) is 7. The fourth-order valence-corrected chi connectivity index (χ4v) is 5.48. The third-order valence-electron chi connectivity index (χ3n) is 5.92. The molecule has 0 radical (unpaired) electrons. The second-order valence-corrected chi connectivity index (χ2v) is 9.57. The highest BCUT2D eigenvalue weighted by molar-refractivity contribution is 7.99. The van der Waals surface area contributed by atoms with Crippen LogP contribution >= 0.6 is 11.8 Å². The summed E-state index contributed by atoms with van der Waals surface area (Å²) < 4.78 is 0. The van der Waals surface area contributed by atoms with Gasteiger partial charge in [-0.25, -0.2) is 9.97 Å². The highest BCUT2D eigenvalue weighted by Gasteiger charge is 2.26. The summed E-state index contributed by atoms with van der Waals surface area (Å²) in [7, 11) is 4.23. The zero-order chi connectivity index (χ0) is 20.1. The minimum absolute atomic E-state index is 0.803. The molecule has 7 heteroatoms. The molecule has 158 valence electrons. The number of benzene rings is 1. The van der Waals surface area contributed by atoms with Crippen LogP contribution in [0.15, 0.2) is 24.3 Å². The first kappa shape index (κ1) is 20.8. The summed E-state index contributed by atoms with van der Waals surface area (Å²) in [5.41, 5.74) is 1.04. The topological polar surface area (TPSA) is 47.5 Å². The van der Waals surface area contributed by atoms with Crippen LogP contribution in [0.25, 0.3) is 10.9 Å². The van der Waals surface area contributed by atoms with Gasteiger partial charge in [0.25, 0.3) is 0 Å². The SMILES string of the molecule is CN(C)CCCNc1nc(CN2CCN(C3CCSC3)CC2)nc2ccccc12. The van der Waals surface area contributed by atoms with E-state index in [0.29, 0.717) is 0 Å². The Balaban J connectivity index is 1.39. The quantitative estimate of drug-likeness (QED) is 0.666. The van der Waals surface area contributed by atoms with Crippen LogP contribution in [0.1, 0.15) is 18.7 Å². The first-order valence-electron chi connectivity index (χ1n) is 10.9. The van der Waals surface area contributed by atoms with E-state index in [1.807, 2.05) is 0 Å². The molecule has 2 aliphatic rings. The lowest BCUT2D eigenvalue weighted by molar-refractivity contribution is 0.0986. The van der Waals surface area contributed by atoms with Gasteiger partial charge in [0, 0.05) is 49.9 Å². The Morgan fingerprint density at radius 2 is 1.97 bits per heavy atom. The van der Waals surface area contributed by atoms with Crippen molar-refractivity contribution in [1.29, 1.82) is 0 Å². The molecule has 2 aliphatic heterocycles. The summed E-state index contributed by atoms with van der Waals surface area (Å²) in [5.74, 6) is 4.56. The van der Waals surface area contributed by atoms with Crippen LogP contribution in [-0.4, -0.2) is 95.6 Å². The zero-order valence-corrected chi connectivity index (χ0v) is 18.6. The molecule has 2 fully saturated rings. The number of para-hydroxylation sites is 1. The number of anilines is 1. The van der Waals surface area contributed by atoms with Crippen LogP contribution in [0.3, 0.4) is 0 Å². The van der Waals surface area contributed by atoms with E-state index in [0.717, 1.165) is 67.7 Å². The van der Waals surface area contributed by atoms with Gasteiger partial charge in [0.05, 0.1) is 12.1 Å². The van der Waals surface area contributed by atoms with Gasteiger partial charge >= 0.3 is 0 Å². The monoisotopic (exact) mass is 414 g/mol. The summed E-state index contributed by atoms with van der Waals surface area (Å²) in [6.45, 7) is 7.42. The van der Waals surface area contributed by atoms with Gasteiger partial charge in [-0.1, -0.05) is 12.1 Å². The summed E-state index contributed by atoms with van der Waals surface area (Å²) in [6, 6.07) is 9.15. The fourth-order valence-electron chi connectivity index (χ4n) is 4.23. The Hall–Kier alpha value is -1.41. The summed E-state index contributed by atoms with van der Waals surface area (Å²) in [5, 5.41) is 4.67. The fraction of sp³-hybridized carbons (Fsp3) is 0.636. The molecule has 0 aliphatic carbocycles. The lowest BCUT2D eigenvalue weighted by Gasteiger charge is -2.37. The molecule has 0 bridgehead atoms. The number of nitrogens with one attached hydrogen (secondary N) is 1. The first-order valence-corrected chi connectivity index (χ1v) is 12.0. The number of nitrogens with zero attached hydrogens (tertiary/aromatic N) is 5. The first-order chi connectivity index (χ1) is 14.2. The van der Waals surface area contributed by atoms with Crippen LogP contribution in [0.2, 0.25) is 0 Å². The van der Waals surface area contributed by atoms with Gasteiger partial charge in [-0.05, 0) is 51.4 Å². The van der Waals surface area contributed by atoms with Gasteiger partial charge in [0.1, 0.15) is 11.6 Å². The van der Waals surface area contributed by atoms with Gasteiger partial charge < -0.3 is 10.2 Å². The molecular weight excluding hydrogens is 380 g/mol. The predicted molar refractivity (Wildman–Crippen MR) is 124 cm³/mol. The maximum atomic E-state index is 4.91. The molecule has 4 rings (SSSR count). The van der Waals surface area contributed by atoms with E-state index in [-0.39, 0.29) is 0 Å². The van der Waals surface area contributed by atoms with E-state index in [2.05, 4.69) is 70.1 Å². The lowest BCUT2D eigenvalue weighted by Crippen LogP contribution is -2.50. The summed E-state index contributed by atoms with van der Waals surface area (Å²) >= 11 is 2.11. The van der Waals surface area contributed by atoms with Crippen LogP contribution < -0.4 is 5.32 Å². The minimum Gasteiger partial charge on any atom is -0.369 e. The smallest absolute Gasteiger partial charge is 0.145 e. The van der Waals surface area contributed by atoms with Crippen LogP contribution in [0.5, 0.6) is 0 Å². The molecule has 2 aromatic rings. The van der Waals surface area contributed by atoms with Crippen LogP contribution in [0.4, 0.5) is 5.82 Å². The Bertz CT molecular complexity index is 784. The van der Waals surface area contributed by atoms with Gasteiger partial charge in [0.15, 0.2) is 0 Å². The maximum Gasteiger partial charge on any atom is 0.145 e. The summed E-state index contributed by atoms with van der Waals surface area (Å²) in [6.07, 6.45) is 2.46. The Labute approximate surface area is 179 Å². The standard InChI is InChI=1S/C22H34N6S/c1-26(2)10-5-9-23-22-19-6-3-4-7-20(19)24-21(25-22)16-27-11-13-28(14-12-27)18-8-15-29-17-18/h3-4,6-7,18H,5,8-17H2,1-2H3,(H,23,24,25). The van der Waals surface area contributed by atoms with Gasteiger partial charge in [-0.2, -0.15) is 11.8 Å². The van der Waals surface area contributed by atoms with E-state index in [9.17, 15) is 0 Å². The molecule has 29 heavy (non-hydrogen) atoms. The highest BCUT2D eigenvalue weighted by atomic mass is 32.2. The zero-order valence-electron chi connectivity index (χ0n) is 17.8. The van der Waals surface area contributed by atoms with Crippen LogP contribution in [-0.2, 0) is 6.54 Å². The van der Waals surface area contributed by atoms with Gasteiger partial charge in [-0.3, -0.25) is 9.80 Å². The lowest BCUT2D eigenvalue weighted by atomic mass is 10.2. The second kappa shape index (κ2) is 10.1. The van der Waals surface area contributed by atoms with Gasteiger partial charge in [-0.15, -0.1) is 0 Å². The third-order valence-corrected chi connectivity index (χ3v) is 7.06. The number of rotatable bonds is 8. The van der Waals surface area contributed by atoms with Crippen molar-refractivity contribution in [2.24, 2.45) is 0 Å². The van der Waals surface area contributed by atoms with Crippen molar-refractivity contribution >= 4 is 28.5 Å². The van der Waals surface area contributed by atoms with Crippen molar-refractivity contribution in [3.05, 3.63) is 30.1 Å². The van der Waals surface area contributed by atoms with E-state index in [4.69, 9.17) is 9.97 Å². The Morgan fingerprint density at radius 3 is 2.72 bits per heavy atom. The molecule has 1 unspecified atom stereocenters. The molecule has 0 spiro atoms. The van der Waals surface area contributed by atoms with Crippen molar-refractivity contribution < 1.29 is 0 Å². The molecular formula is C22H34N6S. The minimum atomic E-state index is 0.803. The molecule has 6 nitrogen and oxygen atoms in total. The van der Waals surface area contributed by atoms with Gasteiger partial charge in [0.2, 0.25) is 0 Å². The number of fused-ring (bicyclic) bond motifs is 1. The number of aromatic nitrogens is 2. The molecule has 1 aromatic carbocycles. The molecule has 0 saturated carbocycles. The molecule has 1 atom stereocenters. The molecule has 1 N–H and O–H groups in total. The Morgan fingerprint density at radius 1 is 1.14 bits per heavy atom. The molecule has 2 saturated heterocycles. The second-order valence-electron chi connectivity index (χ2n) is 8.42. The number of piperazine rings is 1. The number of hydrogen-bond donors (Lipinski definition) is 1. The highest BCUT2D eigenvalue weighted by Crippen LogP contribution is 2.24. The normalized spacial score (nSPS) is 21.3. The van der Waals surface area contributed by atoms with E-state index < -0.39 is 0 Å². The molecule has 0 amide bonds. The maximum absolute atomic E-state index is 4.91. The molecule has 3 heterocycles. The third kappa shape index (κ3) is 5.60. The van der Waals surface area contributed by atoms with Crippen molar-refractivity contribution in [3.8, 4) is 0 Å². The average molecular weight is 415 g/mol. The van der Waals surface area contributed by atoms with Crippen molar-refractivity contribution in [3.63, 3.8) is 0 Å². The van der Waals surface area contributed by atoms with Crippen LogP contribution in [0, 0.1) is 0 Å². The predicted octanol–water partition coefficient (Wildman–Crippen LogP) is 2.62. The van der Waals surface area contributed by atoms with E-state index >= 15 is 0 Å². The van der Waals surface area contributed by atoms with E-state index in [1.165, 1.54) is 31.0 Å².